The largest absolute Gasteiger partial charge is 0.348 e. The van der Waals surface area contributed by atoms with Crippen molar-refractivity contribution in [3.8, 4) is 0 Å². The van der Waals surface area contributed by atoms with Crippen LogP contribution in [0.3, 0.4) is 0 Å². The molecule has 0 atom stereocenters. The quantitative estimate of drug-likeness (QED) is 0.476. The Morgan fingerprint density at radius 1 is 1.33 bits per heavy atom. The average Bonchev–Trinajstić information content (AvgIpc) is 3.24. The van der Waals surface area contributed by atoms with Crippen LogP contribution >= 0.6 is 23.1 Å². The molecule has 2 heterocycles. The Hall–Kier alpha value is -1.78. The van der Waals surface area contributed by atoms with Gasteiger partial charge in [0.2, 0.25) is 11.0 Å². The minimum absolute atomic E-state index is 0.164. The van der Waals surface area contributed by atoms with E-state index < -0.39 is 0 Å². The van der Waals surface area contributed by atoms with E-state index in [0.29, 0.717) is 16.7 Å². The summed E-state index contributed by atoms with van der Waals surface area (Å²) >= 11 is 2.67. The number of carbonyl (C=O) groups is 1. The molecule has 0 bridgehead atoms. The lowest BCUT2D eigenvalue weighted by Gasteiger charge is -2.14. The Balaban J connectivity index is 1.67. The molecule has 27 heavy (non-hydrogen) atoms. The molecular formula is C17H25N6O2S2+. The Kier molecular flexibility index (Phi) is 6.61. The van der Waals surface area contributed by atoms with Crippen LogP contribution in [0.4, 0.5) is 5.13 Å². The van der Waals surface area contributed by atoms with E-state index in [2.05, 4.69) is 34.6 Å². The number of fused-ring (bicyclic) bond motifs is 1. The first-order valence-corrected chi connectivity index (χ1v) is 10.9. The minimum Gasteiger partial charge on any atom is -0.340 e. The zero-order valence-corrected chi connectivity index (χ0v) is 17.5. The molecule has 10 heteroatoms. The van der Waals surface area contributed by atoms with Gasteiger partial charge in [-0.15, -0.1) is 10.2 Å². The van der Waals surface area contributed by atoms with E-state index in [-0.39, 0.29) is 17.3 Å². The molecule has 2 aromatic rings. The van der Waals surface area contributed by atoms with Gasteiger partial charge >= 0.3 is 5.69 Å². The number of quaternary nitrogens is 1. The van der Waals surface area contributed by atoms with Crippen molar-refractivity contribution in [2.24, 2.45) is 0 Å². The number of hydrogen-bond donors (Lipinski definition) is 2. The molecule has 0 aliphatic heterocycles. The van der Waals surface area contributed by atoms with Crippen molar-refractivity contribution in [1.82, 2.24) is 19.7 Å². The Bertz CT molecular complexity index is 877. The van der Waals surface area contributed by atoms with Crippen LogP contribution in [0.2, 0.25) is 0 Å². The number of anilines is 1. The molecule has 0 saturated carbocycles. The fourth-order valence-electron chi connectivity index (χ4n) is 3.16. The van der Waals surface area contributed by atoms with Gasteiger partial charge in [0.25, 0.3) is 0 Å². The first-order valence-electron chi connectivity index (χ1n) is 9.08. The summed E-state index contributed by atoms with van der Waals surface area (Å²) in [4.78, 5) is 30.3. The van der Waals surface area contributed by atoms with Crippen LogP contribution in [0.15, 0.2) is 9.82 Å². The summed E-state index contributed by atoms with van der Waals surface area (Å²) in [5.74, 6) is 0.0359. The maximum absolute atomic E-state index is 12.5. The molecule has 0 saturated heterocycles. The highest BCUT2D eigenvalue weighted by Crippen LogP contribution is 2.29. The van der Waals surface area contributed by atoms with Gasteiger partial charge in [-0.25, -0.2) is 4.79 Å². The van der Waals surface area contributed by atoms with Crippen molar-refractivity contribution >= 4 is 34.1 Å². The van der Waals surface area contributed by atoms with Gasteiger partial charge in [0, 0.05) is 24.2 Å². The van der Waals surface area contributed by atoms with E-state index >= 15 is 0 Å². The molecular weight excluding hydrogens is 384 g/mol. The van der Waals surface area contributed by atoms with Crippen LogP contribution in [0, 0.1) is 6.92 Å². The van der Waals surface area contributed by atoms with Crippen molar-refractivity contribution in [2.75, 3.05) is 31.7 Å². The second-order valence-corrected chi connectivity index (χ2v) is 9.05. The van der Waals surface area contributed by atoms with Gasteiger partial charge in [0.05, 0.1) is 26.4 Å². The van der Waals surface area contributed by atoms with E-state index in [1.165, 1.54) is 28.0 Å². The molecule has 146 valence electrons. The SMILES string of the molecule is Cc1nnc(NC(=O)CSc2nc(=O)n(CCC[NH+](C)C)c3c2CCC3)s1. The van der Waals surface area contributed by atoms with E-state index in [4.69, 9.17) is 0 Å². The molecule has 0 radical (unpaired) electrons. The second kappa shape index (κ2) is 8.94. The third kappa shape index (κ3) is 5.14. The predicted octanol–water partition coefficient (Wildman–Crippen LogP) is 0.157. The van der Waals surface area contributed by atoms with E-state index in [0.717, 1.165) is 48.5 Å². The number of thioether (sulfide) groups is 1. The molecule has 2 N–H and O–H groups in total. The van der Waals surface area contributed by atoms with Gasteiger partial charge < -0.3 is 4.90 Å². The third-order valence-corrected chi connectivity index (χ3v) is 6.14. The molecule has 0 aromatic carbocycles. The van der Waals surface area contributed by atoms with Crippen LogP contribution in [0.25, 0.3) is 0 Å². The number of aromatic nitrogens is 4. The van der Waals surface area contributed by atoms with Crippen molar-refractivity contribution in [2.45, 2.75) is 44.2 Å². The van der Waals surface area contributed by atoms with Gasteiger partial charge in [-0.05, 0) is 26.2 Å². The summed E-state index contributed by atoms with van der Waals surface area (Å²) in [6.07, 6.45) is 3.81. The van der Waals surface area contributed by atoms with Gasteiger partial charge in [0.1, 0.15) is 10.0 Å². The number of aryl methyl sites for hydroxylation is 1. The first kappa shape index (κ1) is 20.0. The average molecular weight is 410 g/mol. The summed E-state index contributed by atoms with van der Waals surface area (Å²) in [5, 5.41) is 12.5. The summed E-state index contributed by atoms with van der Waals surface area (Å²) in [7, 11) is 4.22. The molecule has 1 amide bonds. The lowest BCUT2D eigenvalue weighted by molar-refractivity contribution is -0.858. The number of rotatable bonds is 8. The smallest absolute Gasteiger partial charge is 0.340 e. The number of nitrogens with one attached hydrogen (secondary N) is 2. The van der Waals surface area contributed by atoms with Crippen molar-refractivity contribution in [3.05, 3.63) is 26.7 Å². The van der Waals surface area contributed by atoms with Crippen LogP contribution in [-0.2, 0) is 24.2 Å². The Morgan fingerprint density at radius 3 is 2.85 bits per heavy atom. The molecule has 3 rings (SSSR count). The topological polar surface area (TPSA) is 94.2 Å². The lowest BCUT2D eigenvalue weighted by Crippen LogP contribution is -3.05. The number of nitrogens with zero attached hydrogens (tertiary/aromatic N) is 4. The highest BCUT2D eigenvalue weighted by molar-refractivity contribution is 8.00. The van der Waals surface area contributed by atoms with E-state index in [9.17, 15) is 9.59 Å². The summed E-state index contributed by atoms with van der Waals surface area (Å²) < 4.78 is 1.83. The zero-order chi connectivity index (χ0) is 19.4. The standard InChI is InChI=1S/C17H24N6O2S2/c1-11-20-21-16(27-11)18-14(24)10-26-15-12-6-4-7-13(12)23(17(25)19-15)9-5-8-22(2)3/h4-10H2,1-3H3,(H,18,21,24)/p+1. The van der Waals surface area contributed by atoms with Crippen LogP contribution in [0.5, 0.6) is 0 Å². The molecule has 2 aromatic heterocycles. The van der Waals surface area contributed by atoms with Gasteiger partial charge in [-0.2, -0.15) is 4.98 Å². The van der Waals surface area contributed by atoms with Crippen molar-refractivity contribution in [1.29, 1.82) is 0 Å². The molecule has 0 unspecified atom stereocenters. The van der Waals surface area contributed by atoms with E-state index in [1.54, 1.807) is 0 Å². The summed E-state index contributed by atoms with van der Waals surface area (Å²) in [6.45, 7) is 3.56. The molecule has 0 spiro atoms. The molecule has 0 fully saturated rings. The van der Waals surface area contributed by atoms with Crippen molar-refractivity contribution in [3.63, 3.8) is 0 Å². The van der Waals surface area contributed by atoms with Crippen LogP contribution in [-0.4, -0.2) is 52.0 Å². The predicted molar refractivity (Wildman–Crippen MR) is 107 cm³/mol. The minimum atomic E-state index is -0.202. The normalized spacial score (nSPS) is 13.2. The first-order chi connectivity index (χ1) is 12.9. The van der Waals surface area contributed by atoms with Crippen LogP contribution in [0.1, 0.15) is 29.1 Å². The van der Waals surface area contributed by atoms with Crippen molar-refractivity contribution < 1.29 is 9.69 Å². The maximum atomic E-state index is 12.5. The second-order valence-electron chi connectivity index (χ2n) is 6.90. The molecule has 1 aliphatic carbocycles. The highest BCUT2D eigenvalue weighted by Gasteiger charge is 2.22. The Labute approximate surface area is 166 Å². The van der Waals surface area contributed by atoms with Crippen LogP contribution < -0.4 is 15.9 Å². The Morgan fingerprint density at radius 2 is 2.15 bits per heavy atom. The highest BCUT2D eigenvalue weighted by atomic mass is 32.2. The fourth-order valence-corrected chi connectivity index (χ4v) is 4.65. The monoisotopic (exact) mass is 409 g/mol. The van der Waals surface area contributed by atoms with E-state index in [1.807, 2.05) is 11.5 Å². The summed E-state index contributed by atoms with van der Waals surface area (Å²) in [5.41, 5.74) is 2.04. The zero-order valence-electron chi connectivity index (χ0n) is 15.9. The number of amides is 1. The lowest BCUT2D eigenvalue weighted by atomic mass is 10.2. The maximum Gasteiger partial charge on any atom is 0.348 e. The van der Waals surface area contributed by atoms with Gasteiger partial charge in [-0.1, -0.05) is 23.1 Å². The van der Waals surface area contributed by atoms with Gasteiger partial charge in [-0.3, -0.25) is 14.7 Å². The fraction of sp³-hybridized carbons (Fsp3) is 0.588. The third-order valence-electron chi connectivity index (χ3n) is 4.37. The number of hydrogen-bond acceptors (Lipinski definition) is 7. The summed E-state index contributed by atoms with van der Waals surface area (Å²) in [6, 6.07) is 0. The number of carbonyl (C=O) groups excluding carboxylic acids is 1. The van der Waals surface area contributed by atoms with Gasteiger partial charge in [0.15, 0.2) is 0 Å². The molecule has 1 aliphatic rings. The molecule has 8 nitrogen and oxygen atoms in total.